The van der Waals surface area contributed by atoms with E-state index in [2.05, 4.69) is 17.3 Å². The zero-order valence-corrected chi connectivity index (χ0v) is 11.9. The van der Waals surface area contributed by atoms with Gasteiger partial charge in [0.15, 0.2) is 0 Å². The van der Waals surface area contributed by atoms with Crippen molar-refractivity contribution in [1.82, 2.24) is 15.1 Å². The van der Waals surface area contributed by atoms with Gasteiger partial charge < -0.3 is 15.2 Å². The first-order valence-corrected chi connectivity index (χ1v) is 6.72. The Hall–Kier alpha value is -1.85. The Kier molecular flexibility index (Phi) is 5.15. The monoisotopic (exact) mass is 275 g/mol. The summed E-state index contributed by atoms with van der Waals surface area (Å²) >= 11 is 0. The van der Waals surface area contributed by atoms with Crippen molar-refractivity contribution < 1.29 is 9.84 Å². The molecule has 2 aromatic rings. The Balaban J connectivity index is 1.86. The highest BCUT2D eigenvalue weighted by Gasteiger charge is 2.12. The van der Waals surface area contributed by atoms with Gasteiger partial charge in [-0.25, -0.2) is 0 Å². The Morgan fingerprint density at radius 2 is 2.15 bits per heavy atom. The van der Waals surface area contributed by atoms with Crippen LogP contribution in [0, 0.1) is 0 Å². The Bertz CT molecular complexity index is 514. The summed E-state index contributed by atoms with van der Waals surface area (Å²) in [4.78, 5) is 0. The molecule has 0 saturated heterocycles. The van der Waals surface area contributed by atoms with Gasteiger partial charge >= 0.3 is 0 Å². The molecule has 5 nitrogen and oxygen atoms in total. The van der Waals surface area contributed by atoms with E-state index in [9.17, 15) is 5.11 Å². The molecule has 0 radical (unpaired) electrons. The third kappa shape index (κ3) is 3.82. The molecule has 108 valence electrons. The maximum atomic E-state index is 9.99. The van der Waals surface area contributed by atoms with Gasteiger partial charge in [-0.15, -0.1) is 0 Å². The maximum Gasteiger partial charge on any atom is 0.123 e. The zero-order valence-electron chi connectivity index (χ0n) is 11.9. The highest BCUT2D eigenvalue weighted by Crippen LogP contribution is 2.24. The summed E-state index contributed by atoms with van der Waals surface area (Å²) in [5.41, 5.74) is 1.08. The first kappa shape index (κ1) is 14.6. The predicted molar refractivity (Wildman–Crippen MR) is 77.6 cm³/mol. The van der Waals surface area contributed by atoms with Crippen molar-refractivity contribution in [3.8, 4) is 5.75 Å². The third-order valence-corrected chi connectivity index (χ3v) is 3.22. The number of rotatable bonds is 7. The molecule has 0 aliphatic carbocycles. The van der Waals surface area contributed by atoms with Crippen LogP contribution in [0.4, 0.5) is 0 Å². The molecule has 0 saturated carbocycles. The van der Waals surface area contributed by atoms with Crippen LogP contribution in [0.15, 0.2) is 42.7 Å². The lowest BCUT2D eigenvalue weighted by molar-refractivity contribution is 0.143. The fourth-order valence-corrected chi connectivity index (χ4v) is 2.14. The number of benzene rings is 1. The second-order valence-electron chi connectivity index (χ2n) is 4.75. The summed E-state index contributed by atoms with van der Waals surface area (Å²) in [6.45, 7) is 3.04. The fourth-order valence-electron chi connectivity index (χ4n) is 2.14. The predicted octanol–water partition coefficient (Wildman–Crippen LogP) is 1.60. The second-order valence-corrected chi connectivity index (χ2v) is 4.75. The topological polar surface area (TPSA) is 59.3 Å². The van der Waals surface area contributed by atoms with Gasteiger partial charge in [-0.1, -0.05) is 18.2 Å². The molecule has 0 amide bonds. The summed E-state index contributed by atoms with van der Waals surface area (Å²) in [5, 5.41) is 17.4. The number of para-hydroxylation sites is 1. The first-order valence-electron chi connectivity index (χ1n) is 6.72. The summed E-state index contributed by atoms with van der Waals surface area (Å²) in [7, 11) is 1.66. The van der Waals surface area contributed by atoms with Gasteiger partial charge in [-0.2, -0.15) is 5.10 Å². The molecule has 20 heavy (non-hydrogen) atoms. The molecule has 0 aliphatic heterocycles. The van der Waals surface area contributed by atoms with Crippen LogP contribution in [-0.2, 0) is 6.54 Å². The van der Waals surface area contributed by atoms with Gasteiger partial charge in [0, 0.05) is 30.5 Å². The van der Waals surface area contributed by atoms with E-state index < -0.39 is 6.10 Å². The number of aromatic nitrogens is 2. The largest absolute Gasteiger partial charge is 0.496 e. The highest BCUT2D eigenvalue weighted by atomic mass is 16.5. The number of hydrogen-bond acceptors (Lipinski definition) is 4. The van der Waals surface area contributed by atoms with Crippen LogP contribution < -0.4 is 10.1 Å². The van der Waals surface area contributed by atoms with E-state index in [0.717, 1.165) is 11.3 Å². The van der Waals surface area contributed by atoms with Crippen molar-refractivity contribution in [3.05, 3.63) is 48.3 Å². The van der Waals surface area contributed by atoms with Crippen molar-refractivity contribution in [2.45, 2.75) is 25.6 Å². The molecule has 0 fully saturated rings. The number of aliphatic hydroxyl groups is 1. The summed E-state index contributed by atoms with van der Waals surface area (Å²) < 4.78 is 7.06. The van der Waals surface area contributed by atoms with Crippen LogP contribution in [0.3, 0.4) is 0 Å². The molecule has 2 atom stereocenters. The molecule has 5 heteroatoms. The molecular formula is C15H21N3O2. The molecule has 1 unspecified atom stereocenters. The van der Waals surface area contributed by atoms with Crippen molar-refractivity contribution in [3.63, 3.8) is 0 Å². The Morgan fingerprint density at radius 3 is 2.85 bits per heavy atom. The van der Waals surface area contributed by atoms with Gasteiger partial charge in [0.05, 0.1) is 19.8 Å². The molecule has 1 heterocycles. The molecule has 0 bridgehead atoms. The zero-order chi connectivity index (χ0) is 14.4. The van der Waals surface area contributed by atoms with E-state index in [1.165, 1.54) is 0 Å². The van der Waals surface area contributed by atoms with E-state index in [1.54, 1.807) is 18.0 Å². The van der Waals surface area contributed by atoms with E-state index >= 15 is 0 Å². The molecule has 2 N–H and O–H groups in total. The normalized spacial score (nSPS) is 13.9. The van der Waals surface area contributed by atoms with Gasteiger partial charge in [0.2, 0.25) is 0 Å². The summed E-state index contributed by atoms with van der Waals surface area (Å²) in [5.74, 6) is 0.856. The van der Waals surface area contributed by atoms with Gasteiger partial charge in [-0.05, 0) is 19.1 Å². The molecule has 2 rings (SSSR count). The van der Waals surface area contributed by atoms with Crippen LogP contribution >= 0.6 is 0 Å². The lowest BCUT2D eigenvalue weighted by atomic mass is 10.1. The van der Waals surface area contributed by atoms with Crippen LogP contribution in [0.1, 0.15) is 18.5 Å². The molecule has 1 aromatic heterocycles. The van der Waals surface area contributed by atoms with Crippen molar-refractivity contribution in [1.29, 1.82) is 0 Å². The lowest BCUT2D eigenvalue weighted by Gasteiger charge is -2.19. The van der Waals surface area contributed by atoms with Crippen molar-refractivity contribution >= 4 is 0 Å². The average molecular weight is 275 g/mol. The number of nitrogens with zero attached hydrogens (tertiary/aromatic N) is 2. The maximum absolute atomic E-state index is 9.99. The third-order valence-electron chi connectivity index (χ3n) is 3.22. The number of aliphatic hydroxyl groups excluding tert-OH is 1. The number of hydrogen-bond donors (Lipinski definition) is 2. The van der Waals surface area contributed by atoms with E-state index in [0.29, 0.717) is 13.1 Å². The van der Waals surface area contributed by atoms with Gasteiger partial charge in [0.1, 0.15) is 5.75 Å². The smallest absolute Gasteiger partial charge is 0.123 e. The number of methoxy groups -OCH3 is 1. The quantitative estimate of drug-likeness (QED) is 0.806. The molecule has 1 aromatic carbocycles. The van der Waals surface area contributed by atoms with Crippen molar-refractivity contribution in [2.24, 2.45) is 0 Å². The van der Waals surface area contributed by atoms with E-state index in [1.807, 2.05) is 36.5 Å². The van der Waals surface area contributed by atoms with Gasteiger partial charge in [-0.3, -0.25) is 4.68 Å². The minimum absolute atomic E-state index is 0.110. The lowest BCUT2D eigenvalue weighted by Crippen LogP contribution is -2.32. The number of nitrogens with one attached hydrogen (secondary N) is 1. The SMILES string of the molecule is COc1ccccc1[C@H](C)NCC(O)Cn1cccn1. The Labute approximate surface area is 119 Å². The average Bonchev–Trinajstić information content (AvgIpc) is 2.97. The molecular weight excluding hydrogens is 254 g/mol. The van der Waals surface area contributed by atoms with E-state index in [-0.39, 0.29) is 6.04 Å². The highest BCUT2D eigenvalue weighted by molar-refractivity contribution is 5.35. The minimum Gasteiger partial charge on any atom is -0.496 e. The van der Waals surface area contributed by atoms with Crippen LogP contribution in [0.25, 0.3) is 0 Å². The van der Waals surface area contributed by atoms with Crippen LogP contribution in [0.2, 0.25) is 0 Å². The Morgan fingerprint density at radius 1 is 1.35 bits per heavy atom. The van der Waals surface area contributed by atoms with Crippen molar-refractivity contribution in [2.75, 3.05) is 13.7 Å². The van der Waals surface area contributed by atoms with Crippen LogP contribution in [-0.4, -0.2) is 34.6 Å². The minimum atomic E-state index is -0.480. The summed E-state index contributed by atoms with van der Waals surface area (Å²) in [6, 6.07) is 9.85. The standard InChI is InChI=1S/C15H21N3O2/c1-12(14-6-3-4-7-15(14)20-2)16-10-13(19)11-18-9-5-8-17-18/h3-9,12-13,16,19H,10-11H2,1-2H3/t12-,13?/m0/s1. The molecule has 0 spiro atoms. The van der Waals surface area contributed by atoms with Gasteiger partial charge in [0.25, 0.3) is 0 Å². The summed E-state index contributed by atoms with van der Waals surface area (Å²) in [6.07, 6.45) is 3.07. The fraction of sp³-hybridized carbons (Fsp3) is 0.400. The second kappa shape index (κ2) is 7.07. The van der Waals surface area contributed by atoms with Crippen LogP contribution in [0.5, 0.6) is 5.75 Å². The number of ether oxygens (including phenoxy) is 1. The molecule has 0 aliphatic rings. The van der Waals surface area contributed by atoms with E-state index in [4.69, 9.17) is 4.74 Å². The first-order chi connectivity index (χ1) is 9.70.